The van der Waals surface area contributed by atoms with E-state index in [-0.39, 0.29) is 12.1 Å². The topological polar surface area (TPSA) is 26.3 Å². The van der Waals surface area contributed by atoms with E-state index in [9.17, 15) is 4.79 Å². The molecule has 0 unspecified atom stereocenters. The van der Waals surface area contributed by atoms with Gasteiger partial charge in [0, 0.05) is 0 Å². The number of esters is 1. The van der Waals surface area contributed by atoms with Gasteiger partial charge in [-0.3, -0.25) is 0 Å². The average molecular weight is 203 g/mol. The van der Waals surface area contributed by atoms with Gasteiger partial charge in [-0.25, -0.2) is 0 Å². The van der Waals surface area contributed by atoms with Crippen LogP contribution < -0.4 is 0 Å². The number of ether oxygens (including phenoxy) is 1. The van der Waals surface area contributed by atoms with Gasteiger partial charge in [-0.1, -0.05) is 0 Å². The predicted molar refractivity (Wildman–Crippen MR) is 42.7 cm³/mol. The molecule has 1 aliphatic rings. The predicted octanol–water partition coefficient (Wildman–Crippen LogP) is 1.64. The van der Waals surface area contributed by atoms with E-state index in [4.69, 9.17) is 4.74 Å². The van der Waals surface area contributed by atoms with E-state index in [1.807, 2.05) is 6.92 Å². The van der Waals surface area contributed by atoms with E-state index in [1.165, 1.54) is 0 Å². The molecule has 0 aromatic heterocycles. The molecular formula is C7H14GeO2. The van der Waals surface area contributed by atoms with E-state index < -0.39 is 13.3 Å². The van der Waals surface area contributed by atoms with E-state index in [1.54, 1.807) is 0 Å². The van der Waals surface area contributed by atoms with Crippen LogP contribution in [0.25, 0.3) is 0 Å². The van der Waals surface area contributed by atoms with Crippen LogP contribution in [0.15, 0.2) is 0 Å². The first-order valence-corrected chi connectivity index (χ1v) is 11.1. The second-order valence-corrected chi connectivity index (χ2v) is 15.2. The second kappa shape index (κ2) is 2.26. The van der Waals surface area contributed by atoms with Crippen LogP contribution in [0, 0.1) is 0 Å². The van der Waals surface area contributed by atoms with Gasteiger partial charge in [-0.2, -0.15) is 0 Å². The first kappa shape index (κ1) is 8.11. The fraction of sp³-hybridized carbons (Fsp3) is 0.857. The Hall–Kier alpha value is 0.0129. The average Bonchev–Trinajstić information content (AvgIpc) is 1.58. The van der Waals surface area contributed by atoms with Crippen LogP contribution in [0.5, 0.6) is 0 Å². The van der Waals surface area contributed by atoms with E-state index in [0.29, 0.717) is 4.75 Å². The normalized spacial score (nSPS) is 33.0. The van der Waals surface area contributed by atoms with Gasteiger partial charge in [0.1, 0.15) is 0 Å². The molecule has 0 aromatic rings. The summed E-state index contributed by atoms with van der Waals surface area (Å²) >= 11 is -1.74. The van der Waals surface area contributed by atoms with Crippen LogP contribution in [-0.4, -0.2) is 25.3 Å². The van der Waals surface area contributed by atoms with Gasteiger partial charge < -0.3 is 0 Å². The summed E-state index contributed by atoms with van der Waals surface area (Å²) in [7, 11) is 0. The summed E-state index contributed by atoms with van der Waals surface area (Å²) < 4.78 is 5.18. The maximum atomic E-state index is 10.9. The monoisotopic (exact) mass is 204 g/mol. The van der Waals surface area contributed by atoms with Crippen molar-refractivity contribution in [2.45, 2.75) is 35.0 Å². The van der Waals surface area contributed by atoms with Crippen molar-refractivity contribution in [1.82, 2.24) is 0 Å². The van der Waals surface area contributed by atoms with Gasteiger partial charge in [-0.15, -0.1) is 0 Å². The minimum atomic E-state index is -1.74. The van der Waals surface area contributed by atoms with Crippen LogP contribution >= 0.6 is 0 Å². The van der Waals surface area contributed by atoms with Gasteiger partial charge >= 0.3 is 63.8 Å². The Morgan fingerprint density at radius 3 is 2.00 bits per heavy atom. The summed E-state index contributed by atoms with van der Waals surface area (Å²) in [5.74, 6) is 6.80. The molecule has 3 heteroatoms. The number of carbonyl (C=O) groups is 1. The van der Waals surface area contributed by atoms with Gasteiger partial charge in [0.15, 0.2) is 0 Å². The number of hydrogen-bond acceptors (Lipinski definition) is 2. The molecule has 0 N–H and O–H groups in total. The Labute approximate surface area is 64.3 Å². The zero-order valence-corrected chi connectivity index (χ0v) is 9.07. The van der Waals surface area contributed by atoms with Crippen molar-refractivity contribution in [3.63, 3.8) is 0 Å². The Balaban J connectivity index is 2.64. The molecule has 0 bridgehead atoms. The fourth-order valence-electron chi connectivity index (χ4n) is 1.50. The van der Waals surface area contributed by atoms with Gasteiger partial charge in [0.25, 0.3) is 0 Å². The first-order valence-electron chi connectivity index (χ1n) is 3.63. The summed E-state index contributed by atoms with van der Waals surface area (Å²) in [4.78, 5) is 10.9. The number of cyclic esters (lactones) is 1. The van der Waals surface area contributed by atoms with Crippen LogP contribution in [-0.2, 0) is 9.53 Å². The van der Waals surface area contributed by atoms with Crippen molar-refractivity contribution < 1.29 is 9.53 Å². The SMILES string of the molecule is C[C@H]1OC(=O)[C@H]1[Ge]([CH3])([CH3])[CH3]. The van der Waals surface area contributed by atoms with E-state index in [0.717, 1.165) is 0 Å². The summed E-state index contributed by atoms with van der Waals surface area (Å²) in [5, 5.41) is 0. The molecule has 1 rings (SSSR count). The summed E-state index contributed by atoms with van der Waals surface area (Å²) in [6.07, 6.45) is 0.201. The molecule has 2 atom stereocenters. The molecule has 1 aliphatic heterocycles. The zero-order valence-electron chi connectivity index (χ0n) is 6.97. The molecule has 1 heterocycles. The standard InChI is InChI=1S/C7H14GeO2/c1-5-6(7(9)10-5)8(2,3)4/h5-6H,1-4H3/t5-,6+/m1/s1. The van der Waals surface area contributed by atoms with Crippen molar-refractivity contribution in [3.05, 3.63) is 0 Å². The van der Waals surface area contributed by atoms with Gasteiger partial charge in [-0.05, 0) is 0 Å². The molecule has 1 saturated heterocycles. The molecule has 0 aromatic carbocycles. The molecule has 10 heavy (non-hydrogen) atoms. The second-order valence-electron chi connectivity index (χ2n) is 3.99. The summed E-state index contributed by atoms with van der Waals surface area (Å²) in [6.45, 7) is 1.99. The molecule has 0 aliphatic carbocycles. The van der Waals surface area contributed by atoms with Crippen LogP contribution in [0.3, 0.4) is 0 Å². The Bertz CT molecular complexity index is 159. The van der Waals surface area contributed by atoms with Gasteiger partial charge in [0.2, 0.25) is 0 Å². The summed E-state index contributed by atoms with van der Waals surface area (Å²) in [6, 6.07) is 0. The summed E-state index contributed by atoms with van der Waals surface area (Å²) in [5.41, 5.74) is 0. The first-order chi connectivity index (χ1) is 4.43. The molecule has 0 saturated carbocycles. The van der Waals surface area contributed by atoms with E-state index >= 15 is 0 Å². The van der Waals surface area contributed by atoms with Crippen LogP contribution in [0.2, 0.25) is 22.0 Å². The number of hydrogen-bond donors (Lipinski definition) is 0. The number of carbonyl (C=O) groups excluding carboxylic acids is 1. The third-order valence-corrected chi connectivity index (χ3v) is 7.35. The van der Waals surface area contributed by atoms with Crippen LogP contribution in [0.1, 0.15) is 6.92 Å². The zero-order chi connectivity index (χ0) is 7.94. The Morgan fingerprint density at radius 1 is 1.40 bits per heavy atom. The quantitative estimate of drug-likeness (QED) is 0.478. The maximum absolute atomic E-state index is 10.9. The Morgan fingerprint density at radius 2 is 1.90 bits per heavy atom. The molecule has 0 amide bonds. The number of rotatable bonds is 1. The van der Waals surface area contributed by atoms with Gasteiger partial charge in [0.05, 0.1) is 0 Å². The van der Waals surface area contributed by atoms with Crippen molar-refractivity contribution in [3.8, 4) is 0 Å². The van der Waals surface area contributed by atoms with E-state index in [2.05, 4.69) is 17.3 Å². The molecule has 1 fully saturated rings. The molecule has 58 valence electrons. The van der Waals surface area contributed by atoms with Crippen molar-refractivity contribution >= 4 is 19.2 Å². The fourth-order valence-corrected chi connectivity index (χ4v) is 6.23. The minimum absolute atomic E-state index is 0.0417. The van der Waals surface area contributed by atoms with Crippen LogP contribution in [0.4, 0.5) is 0 Å². The third kappa shape index (κ3) is 1.21. The molecular weight excluding hydrogens is 189 g/mol. The third-order valence-electron chi connectivity index (χ3n) is 1.96. The van der Waals surface area contributed by atoms with Crippen molar-refractivity contribution in [1.29, 1.82) is 0 Å². The molecule has 2 nitrogen and oxygen atoms in total. The molecule has 0 spiro atoms. The van der Waals surface area contributed by atoms with Crippen molar-refractivity contribution in [2.75, 3.05) is 0 Å². The Kier molecular flexibility index (Phi) is 1.83. The van der Waals surface area contributed by atoms with Crippen molar-refractivity contribution in [2.24, 2.45) is 0 Å². The molecule has 0 radical (unpaired) electrons.